The predicted octanol–water partition coefficient (Wildman–Crippen LogP) is 5.02. The van der Waals surface area contributed by atoms with Crippen LogP contribution in [0, 0.1) is 0 Å². The van der Waals surface area contributed by atoms with Gasteiger partial charge in [0.05, 0.1) is 18.2 Å². The van der Waals surface area contributed by atoms with E-state index in [9.17, 15) is 9.59 Å². The van der Waals surface area contributed by atoms with Crippen LogP contribution in [0.15, 0.2) is 83.8 Å². The summed E-state index contributed by atoms with van der Waals surface area (Å²) in [5, 5.41) is 2.86. The maximum atomic E-state index is 12.8. The molecule has 0 spiro atoms. The molecule has 0 fully saturated rings. The number of benzene rings is 3. The third-order valence-corrected chi connectivity index (χ3v) is 5.06. The van der Waals surface area contributed by atoms with Gasteiger partial charge in [0.25, 0.3) is 5.91 Å². The molecule has 0 unspecified atom stereocenters. The second-order valence-corrected chi connectivity index (χ2v) is 6.81. The number of methoxy groups -OCH3 is 1. The van der Waals surface area contributed by atoms with Crippen LogP contribution in [0.4, 0.5) is 5.69 Å². The lowest BCUT2D eigenvalue weighted by atomic mass is 10.1. The molecule has 27 heavy (non-hydrogen) atoms. The molecule has 0 bridgehead atoms. The van der Waals surface area contributed by atoms with Gasteiger partial charge < -0.3 is 10.1 Å². The Kier molecular flexibility index (Phi) is 6.28. The molecule has 0 aliphatic carbocycles. The van der Waals surface area contributed by atoms with Gasteiger partial charge in [0, 0.05) is 16.3 Å². The monoisotopic (exact) mass is 377 g/mol. The van der Waals surface area contributed by atoms with E-state index in [4.69, 9.17) is 4.74 Å². The number of hydrogen-bond donors (Lipinski definition) is 1. The van der Waals surface area contributed by atoms with Crippen molar-refractivity contribution in [3.8, 4) is 0 Å². The van der Waals surface area contributed by atoms with Crippen molar-refractivity contribution in [2.45, 2.75) is 10.6 Å². The summed E-state index contributed by atoms with van der Waals surface area (Å²) < 4.78 is 4.72. The first kappa shape index (κ1) is 18.7. The Hall–Kier alpha value is -3.05. The third-order valence-electron chi connectivity index (χ3n) is 3.91. The van der Waals surface area contributed by atoms with Crippen LogP contribution < -0.4 is 5.32 Å². The fourth-order valence-electron chi connectivity index (χ4n) is 2.56. The van der Waals surface area contributed by atoms with Gasteiger partial charge in [-0.3, -0.25) is 4.79 Å². The Morgan fingerprint density at radius 3 is 2.44 bits per heavy atom. The Morgan fingerprint density at radius 1 is 0.926 bits per heavy atom. The van der Waals surface area contributed by atoms with Crippen molar-refractivity contribution in [1.29, 1.82) is 0 Å². The summed E-state index contributed by atoms with van der Waals surface area (Å²) in [5.74, 6) is 0.126. The molecule has 0 saturated heterocycles. The molecule has 3 aromatic carbocycles. The Balaban J connectivity index is 1.74. The summed E-state index contributed by atoms with van der Waals surface area (Å²) in [7, 11) is 1.33. The first-order valence-corrected chi connectivity index (χ1v) is 9.41. The van der Waals surface area contributed by atoms with Gasteiger partial charge in [-0.05, 0) is 35.9 Å². The quantitative estimate of drug-likeness (QED) is 0.484. The molecule has 1 N–H and O–H groups in total. The minimum absolute atomic E-state index is 0.215. The number of thioether (sulfide) groups is 1. The third kappa shape index (κ3) is 4.99. The van der Waals surface area contributed by atoms with Crippen LogP contribution in [0.1, 0.15) is 26.3 Å². The van der Waals surface area contributed by atoms with E-state index in [-0.39, 0.29) is 5.91 Å². The number of anilines is 1. The van der Waals surface area contributed by atoms with E-state index in [0.29, 0.717) is 16.8 Å². The van der Waals surface area contributed by atoms with E-state index in [1.165, 1.54) is 12.7 Å². The first-order chi connectivity index (χ1) is 13.2. The zero-order valence-electron chi connectivity index (χ0n) is 14.8. The molecular formula is C22H19NO3S. The van der Waals surface area contributed by atoms with Crippen molar-refractivity contribution in [3.63, 3.8) is 0 Å². The van der Waals surface area contributed by atoms with Gasteiger partial charge in [0.2, 0.25) is 0 Å². The summed E-state index contributed by atoms with van der Waals surface area (Å²) in [6, 6.07) is 24.3. The molecule has 4 nitrogen and oxygen atoms in total. The normalized spacial score (nSPS) is 10.3. The molecule has 0 atom stereocenters. The number of hydrogen-bond acceptors (Lipinski definition) is 4. The second-order valence-electron chi connectivity index (χ2n) is 5.80. The summed E-state index contributed by atoms with van der Waals surface area (Å²) in [6.07, 6.45) is 0. The zero-order valence-corrected chi connectivity index (χ0v) is 15.7. The van der Waals surface area contributed by atoms with Gasteiger partial charge in [-0.1, -0.05) is 48.5 Å². The number of ether oxygens (including phenoxy) is 1. The SMILES string of the molecule is COC(=O)c1cccc(NC(=O)c2ccccc2SCc2ccccc2)c1. The average molecular weight is 377 g/mol. The minimum Gasteiger partial charge on any atom is -0.465 e. The molecule has 0 aliphatic heterocycles. The number of amides is 1. The lowest BCUT2D eigenvalue weighted by Gasteiger charge is -2.11. The summed E-state index contributed by atoms with van der Waals surface area (Å²) >= 11 is 1.62. The van der Waals surface area contributed by atoms with Crippen molar-refractivity contribution < 1.29 is 14.3 Å². The first-order valence-electron chi connectivity index (χ1n) is 8.43. The van der Waals surface area contributed by atoms with Crippen LogP contribution in [0.25, 0.3) is 0 Å². The number of nitrogens with one attached hydrogen (secondary N) is 1. The highest BCUT2D eigenvalue weighted by molar-refractivity contribution is 7.98. The highest BCUT2D eigenvalue weighted by atomic mass is 32.2. The lowest BCUT2D eigenvalue weighted by molar-refractivity contribution is 0.0600. The Labute approximate surface area is 162 Å². The van der Waals surface area contributed by atoms with Crippen molar-refractivity contribution in [1.82, 2.24) is 0 Å². The van der Waals surface area contributed by atoms with Gasteiger partial charge in [0.15, 0.2) is 0 Å². The van der Waals surface area contributed by atoms with E-state index in [2.05, 4.69) is 17.4 Å². The van der Waals surface area contributed by atoms with Crippen molar-refractivity contribution in [2.24, 2.45) is 0 Å². The summed E-state index contributed by atoms with van der Waals surface area (Å²) in [5.41, 5.74) is 2.73. The second kappa shape index (κ2) is 9.05. The number of carbonyl (C=O) groups is 2. The lowest BCUT2D eigenvalue weighted by Crippen LogP contribution is -2.13. The maximum Gasteiger partial charge on any atom is 0.337 e. The molecule has 3 rings (SSSR count). The molecule has 0 heterocycles. The van der Waals surface area contributed by atoms with Crippen molar-refractivity contribution in [3.05, 3.63) is 95.6 Å². The van der Waals surface area contributed by atoms with Crippen LogP contribution in [0.2, 0.25) is 0 Å². The molecule has 0 saturated carbocycles. The highest BCUT2D eigenvalue weighted by Crippen LogP contribution is 2.27. The van der Waals surface area contributed by atoms with E-state index >= 15 is 0 Å². The summed E-state index contributed by atoms with van der Waals surface area (Å²) in [4.78, 5) is 25.3. The molecule has 3 aromatic rings. The van der Waals surface area contributed by atoms with Crippen molar-refractivity contribution >= 4 is 29.3 Å². The van der Waals surface area contributed by atoms with Gasteiger partial charge in [-0.25, -0.2) is 4.79 Å². The highest BCUT2D eigenvalue weighted by Gasteiger charge is 2.13. The van der Waals surface area contributed by atoms with Crippen molar-refractivity contribution in [2.75, 3.05) is 12.4 Å². The molecule has 136 valence electrons. The molecular weight excluding hydrogens is 358 g/mol. The Bertz CT molecular complexity index is 941. The van der Waals surface area contributed by atoms with Gasteiger partial charge in [-0.15, -0.1) is 11.8 Å². The van der Waals surface area contributed by atoms with Crippen LogP contribution in [-0.2, 0) is 10.5 Å². The smallest absolute Gasteiger partial charge is 0.337 e. The molecule has 5 heteroatoms. The van der Waals surface area contributed by atoms with Crippen LogP contribution in [0.3, 0.4) is 0 Å². The van der Waals surface area contributed by atoms with E-state index in [1.807, 2.05) is 36.4 Å². The Morgan fingerprint density at radius 2 is 1.67 bits per heavy atom. The topological polar surface area (TPSA) is 55.4 Å². The molecule has 0 aromatic heterocycles. The zero-order chi connectivity index (χ0) is 19.1. The number of esters is 1. The molecule has 0 radical (unpaired) electrons. The van der Waals surface area contributed by atoms with Gasteiger partial charge >= 0.3 is 5.97 Å². The fourth-order valence-corrected chi connectivity index (χ4v) is 3.56. The van der Waals surface area contributed by atoms with Crippen LogP contribution >= 0.6 is 11.8 Å². The van der Waals surface area contributed by atoms with Crippen LogP contribution in [-0.4, -0.2) is 19.0 Å². The van der Waals surface area contributed by atoms with Gasteiger partial charge in [0.1, 0.15) is 0 Å². The maximum absolute atomic E-state index is 12.8. The predicted molar refractivity (Wildman–Crippen MR) is 108 cm³/mol. The standard InChI is InChI=1S/C22H19NO3S/c1-26-22(25)17-10-7-11-18(14-17)23-21(24)19-12-5-6-13-20(19)27-15-16-8-3-2-4-9-16/h2-14H,15H2,1H3,(H,23,24). The number of carbonyl (C=O) groups excluding carboxylic acids is 2. The number of rotatable bonds is 6. The molecule has 0 aliphatic rings. The van der Waals surface area contributed by atoms with Crippen LogP contribution in [0.5, 0.6) is 0 Å². The van der Waals surface area contributed by atoms with E-state index < -0.39 is 5.97 Å². The minimum atomic E-state index is -0.440. The molecule has 1 amide bonds. The average Bonchev–Trinajstić information content (AvgIpc) is 2.72. The van der Waals surface area contributed by atoms with Gasteiger partial charge in [-0.2, -0.15) is 0 Å². The summed E-state index contributed by atoms with van der Waals surface area (Å²) in [6.45, 7) is 0. The van der Waals surface area contributed by atoms with E-state index in [0.717, 1.165) is 10.6 Å². The largest absolute Gasteiger partial charge is 0.465 e. The fraction of sp³-hybridized carbons (Fsp3) is 0.0909. The van der Waals surface area contributed by atoms with E-state index in [1.54, 1.807) is 42.1 Å².